The van der Waals surface area contributed by atoms with Crippen LogP contribution in [0.1, 0.15) is 35.8 Å². The van der Waals surface area contributed by atoms with Gasteiger partial charge in [0.2, 0.25) is 0 Å². The molecule has 2 amide bonds. The summed E-state index contributed by atoms with van der Waals surface area (Å²) in [7, 11) is 0. The van der Waals surface area contributed by atoms with Crippen molar-refractivity contribution >= 4 is 17.7 Å². The molecule has 3 aromatic rings. The summed E-state index contributed by atoms with van der Waals surface area (Å²) in [6.07, 6.45) is 8.20. The molecule has 3 heterocycles. The van der Waals surface area contributed by atoms with Gasteiger partial charge in [-0.3, -0.25) is 4.98 Å². The average Bonchev–Trinajstić information content (AvgIpc) is 3.35. The molecule has 1 aromatic carbocycles. The largest absolute Gasteiger partial charge is 0.461 e. The molecule has 0 spiro atoms. The van der Waals surface area contributed by atoms with Gasteiger partial charge in [-0.05, 0) is 68.1 Å². The van der Waals surface area contributed by atoms with Crippen LogP contribution in [0, 0.1) is 0 Å². The number of likely N-dealkylation sites (tertiary alicyclic amines) is 1. The lowest BCUT2D eigenvalue weighted by atomic mass is 10.0. The van der Waals surface area contributed by atoms with E-state index in [2.05, 4.69) is 37.7 Å². The van der Waals surface area contributed by atoms with E-state index in [4.69, 9.17) is 4.74 Å². The fourth-order valence-corrected chi connectivity index (χ4v) is 4.00. The molecule has 1 fully saturated rings. The van der Waals surface area contributed by atoms with E-state index in [1.54, 1.807) is 23.9 Å². The van der Waals surface area contributed by atoms with Crippen molar-refractivity contribution in [3.8, 4) is 5.69 Å². The van der Waals surface area contributed by atoms with Gasteiger partial charge < -0.3 is 20.3 Å². The molecule has 0 saturated carbocycles. The number of hydrogen-bond acceptors (Lipinski definition) is 6. The van der Waals surface area contributed by atoms with Gasteiger partial charge in [0.1, 0.15) is 0 Å². The van der Waals surface area contributed by atoms with Crippen LogP contribution in [0.3, 0.4) is 0 Å². The summed E-state index contributed by atoms with van der Waals surface area (Å²) in [5.41, 5.74) is 2.92. The number of urea groups is 1. The Kier molecular flexibility index (Phi) is 7.87. The summed E-state index contributed by atoms with van der Waals surface area (Å²) in [6, 6.07) is 13.0. The molecule has 0 unspecified atom stereocenters. The highest BCUT2D eigenvalue weighted by Crippen LogP contribution is 2.16. The Morgan fingerprint density at radius 2 is 1.91 bits per heavy atom. The number of esters is 1. The molecule has 1 aliphatic heterocycles. The highest BCUT2D eigenvalue weighted by molar-refractivity contribution is 5.90. The maximum Gasteiger partial charge on any atom is 0.358 e. The van der Waals surface area contributed by atoms with Crippen molar-refractivity contribution in [1.82, 2.24) is 25.0 Å². The Labute approximate surface area is 199 Å². The average molecular weight is 463 g/mol. The van der Waals surface area contributed by atoms with Gasteiger partial charge in [-0.25, -0.2) is 14.3 Å². The molecule has 178 valence electrons. The second-order valence-corrected chi connectivity index (χ2v) is 8.24. The number of aromatic nitrogens is 3. The zero-order valence-electron chi connectivity index (χ0n) is 19.3. The van der Waals surface area contributed by atoms with E-state index < -0.39 is 5.97 Å². The van der Waals surface area contributed by atoms with E-state index in [0.717, 1.165) is 44.6 Å². The number of amides is 2. The summed E-state index contributed by atoms with van der Waals surface area (Å²) in [5.74, 6) is -0.460. The monoisotopic (exact) mass is 462 g/mol. The minimum Gasteiger partial charge on any atom is -0.461 e. The molecule has 0 aliphatic carbocycles. The van der Waals surface area contributed by atoms with E-state index in [0.29, 0.717) is 12.3 Å². The minimum absolute atomic E-state index is 0.151. The number of pyridine rings is 1. The molecule has 34 heavy (non-hydrogen) atoms. The van der Waals surface area contributed by atoms with Gasteiger partial charge in [0, 0.05) is 50.0 Å². The third kappa shape index (κ3) is 6.41. The molecule has 9 heteroatoms. The molecule has 0 radical (unpaired) electrons. The van der Waals surface area contributed by atoms with Crippen LogP contribution in [0.25, 0.3) is 5.69 Å². The first kappa shape index (κ1) is 23.4. The van der Waals surface area contributed by atoms with Crippen LogP contribution in [0.15, 0.2) is 61.1 Å². The van der Waals surface area contributed by atoms with Crippen molar-refractivity contribution in [1.29, 1.82) is 0 Å². The fourth-order valence-electron chi connectivity index (χ4n) is 4.00. The SMILES string of the molecule is CCOC(=O)c1ccn(-c2cccc(NC(=O)NC3CCN(CCc4ccncc4)CC3)c2)n1. The Morgan fingerprint density at radius 1 is 1.12 bits per heavy atom. The lowest BCUT2D eigenvalue weighted by molar-refractivity contribution is 0.0519. The molecule has 2 aromatic heterocycles. The normalized spacial score (nSPS) is 14.5. The predicted octanol–water partition coefficient (Wildman–Crippen LogP) is 3.27. The Bertz CT molecular complexity index is 1090. The van der Waals surface area contributed by atoms with Crippen LogP contribution < -0.4 is 10.6 Å². The van der Waals surface area contributed by atoms with Gasteiger partial charge in [-0.1, -0.05) is 6.07 Å². The highest BCUT2D eigenvalue weighted by atomic mass is 16.5. The van der Waals surface area contributed by atoms with E-state index in [9.17, 15) is 9.59 Å². The topological polar surface area (TPSA) is 101 Å². The number of hydrogen-bond donors (Lipinski definition) is 2. The van der Waals surface area contributed by atoms with Crippen molar-refractivity contribution in [2.75, 3.05) is 31.6 Å². The van der Waals surface area contributed by atoms with Gasteiger partial charge >= 0.3 is 12.0 Å². The van der Waals surface area contributed by atoms with E-state index in [1.807, 2.05) is 36.7 Å². The highest BCUT2D eigenvalue weighted by Gasteiger charge is 2.20. The molecule has 1 aliphatic rings. The van der Waals surface area contributed by atoms with E-state index in [-0.39, 0.29) is 17.8 Å². The lowest BCUT2D eigenvalue weighted by Gasteiger charge is -2.32. The van der Waals surface area contributed by atoms with Gasteiger partial charge in [0.05, 0.1) is 12.3 Å². The number of carbonyl (C=O) groups excluding carboxylic acids is 2. The smallest absolute Gasteiger partial charge is 0.358 e. The fraction of sp³-hybridized carbons (Fsp3) is 0.360. The third-order valence-electron chi connectivity index (χ3n) is 5.83. The first-order valence-corrected chi connectivity index (χ1v) is 11.6. The Balaban J connectivity index is 1.24. The lowest BCUT2D eigenvalue weighted by Crippen LogP contribution is -2.46. The van der Waals surface area contributed by atoms with Crippen LogP contribution in [0.5, 0.6) is 0 Å². The van der Waals surface area contributed by atoms with Gasteiger partial charge in [-0.15, -0.1) is 0 Å². The number of anilines is 1. The summed E-state index contributed by atoms with van der Waals surface area (Å²) in [6.45, 7) is 5.00. The molecular formula is C25H30N6O3. The number of ether oxygens (including phenoxy) is 1. The maximum atomic E-state index is 12.6. The second kappa shape index (κ2) is 11.4. The zero-order valence-corrected chi connectivity index (χ0v) is 19.3. The second-order valence-electron chi connectivity index (χ2n) is 8.24. The molecule has 9 nitrogen and oxygen atoms in total. The third-order valence-corrected chi connectivity index (χ3v) is 5.83. The van der Waals surface area contributed by atoms with Crippen LogP contribution in [-0.4, -0.2) is 63.9 Å². The van der Waals surface area contributed by atoms with Crippen LogP contribution in [-0.2, 0) is 11.2 Å². The predicted molar refractivity (Wildman–Crippen MR) is 129 cm³/mol. The van der Waals surface area contributed by atoms with Crippen LogP contribution >= 0.6 is 0 Å². The van der Waals surface area contributed by atoms with Crippen LogP contribution in [0.4, 0.5) is 10.5 Å². The Hall–Kier alpha value is -3.72. The van der Waals surface area contributed by atoms with Crippen molar-refractivity contribution in [3.63, 3.8) is 0 Å². The molecule has 4 rings (SSSR count). The molecule has 1 saturated heterocycles. The first-order chi connectivity index (χ1) is 16.6. The number of nitrogens with one attached hydrogen (secondary N) is 2. The summed E-state index contributed by atoms with van der Waals surface area (Å²) in [5, 5.41) is 10.3. The van der Waals surface area contributed by atoms with Crippen molar-refractivity contribution in [2.45, 2.75) is 32.2 Å². The summed E-state index contributed by atoms with van der Waals surface area (Å²) in [4.78, 5) is 30.9. The minimum atomic E-state index is -0.460. The number of carbonyl (C=O) groups is 2. The van der Waals surface area contributed by atoms with Crippen LogP contribution in [0.2, 0.25) is 0 Å². The van der Waals surface area contributed by atoms with Gasteiger partial charge in [-0.2, -0.15) is 5.10 Å². The molecule has 0 bridgehead atoms. The molecule has 0 atom stereocenters. The standard InChI is InChI=1S/C25H30N6O3/c1-2-34-24(32)23-11-17-31(29-23)22-5-3-4-21(18-22)28-25(33)27-20-9-15-30(16-10-20)14-8-19-6-12-26-13-7-19/h3-7,11-13,17-18,20H,2,8-10,14-16H2,1H3,(H2,27,28,33). The number of rotatable bonds is 8. The van der Waals surface area contributed by atoms with E-state index >= 15 is 0 Å². The summed E-state index contributed by atoms with van der Waals surface area (Å²) < 4.78 is 6.56. The first-order valence-electron chi connectivity index (χ1n) is 11.6. The maximum absolute atomic E-state index is 12.6. The van der Waals surface area contributed by atoms with Crippen molar-refractivity contribution < 1.29 is 14.3 Å². The number of nitrogens with zero attached hydrogens (tertiary/aromatic N) is 4. The molecule has 2 N–H and O–H groups in total. The molecular weight excluding hydrogens is 432 g/mol. The zero-order chi connectivity index (χ0) is 23.8. The van der Waals surface area contributed by atoms with Crippen molar-refractivity contribution in [2.24, 2.45) is 0 Å². The number of piperidine rings is 1. The van der Waals surface area contributed by atoms with Crippen molar-refractivity contribution in [3.05, 3.63) is 72.3 Å². The Morgan fingerprint density at radius 3 is 2.68 bits per heavy atom. The number of benzene rings is 1. The quantitative estimate of drug-likeness (QED) is 0.498. The summed E-state index contributed by atoms with van der Waals surface area (Å²) >= 11 is 0. The van der Waals surface area contributed by atoms with Gasteiger partial charge in [0.15, 0.2) is 5.69 Å². The van der Waals surface area contributed by atoms with E-state index in [1.165, 1.54) is 5.56 Å². The van der Waals surface area contributed by atoms with Gasteiger partial charge in [0.25, 0.3) is 0 Å².